The maximum absolute atomic E-state index is 12.8. The summed E-state index contributed by atoms with van der Waals surface area (Å²) in [5, 5.41) is 1.29. The van der Waals surface area contributed by atoms with Crippen molar-refractivity contribution in [3.8, 4) is 11.5 Å². The number of methoxy groups -OCH3 is 1. The number of aromatic nitrogens is 1. The summed E-state index contributed by atoms with van der Waals surface area (Å²) in [6.45, 7) is 4.10. The van der Waals surface area contributed by atoms with Crippen LogP contribution >= 0.6 is 0 Å². The van der Waals surface area contributed by atoms with Crippen LogP contribution in [0.5, 0.6) is 11.5 Å². The maximum atomic E-state index is 12.8. The van der Waals surface area contributed by atoms with Crippen LogP contribution in [0, 0.1) is 0 Å². The van der Waals surface area contributed by atoms with E-state index in [2.05, 4.69) is 29.2 Å². The van der Waals surface area contributed by atoms with Gasteiger partial charge in [-0.05, 0) is 49.1 Å². The summed E-state index contributed by atoms with van der Waals surface area (Å²) in [4.78, 5) is 18.4. The van der Waals surface area contributed by atoms with E-state index in [0.717, 1.165) is 43.0 Å². The van der Waals surface area contributed by atoms with E-state index in [4.69, 9.17) is 9.47 Å². The SMILES string of the molecule is CCOc1ccc(CCC(=O)N2CCc3[nH]c4ccccc4c3CC2)cc1OC. The highest BCUT2D eigenvalue weighted by Crippen LogP contribution is 2.29. The number of carbonyl (C=O) groups excluding carboxylic acids is 1. The lowest BCUT2D eigenvalue weighted by Crippen LogP contribution is -2.33. The smallest absolute Gasteiger partial charge is 0.222 e. The maximum Gasteiger partial charge on any atom is 0.222 e. The van der Waals surface area contributed by atoms with Gasteiger partial charge in [0.1, 0.15) is 0 Å². The predicted molar refractivity (Wildman–Crippen MR) is 115 cm³/mol. The molecule has 0 fully saturated rings. The third-order valence-corrected chi connectivity index (χ3v) is 5.67. The van der Waals surface area contributed by atoms with Crippen molar-refractivity contribution in [2.45, 2.75) is 32.6 Å². The van der Waals surface area contributed by atoms with E-state index in [0.29, 0.717) is 19.4 Å². The molecule has 0 spiro atoms. The number of aromatic amines is 1. The zero-order valence-electron chi connectivity index (χ0n) is 17.2. The summed E-state index contributed by atoms with van der Waals surface area (Å²) in [6.07, 6.45) is 2.99. The molecule has 29 heavy (non-hydrogen) atoms. The fourth-order valence-corrected chi connectivity index (χ4v) is 4.16. The number of nitrogens with one attached hydrogen (secondary N) is 1. The van der Waals surface area contributed by atoms with Gasteiger partial charge in [0.25, 0.3) is 0 Å². The Morgan fingerprint density at radius 1 is 1.10 bits per heavy atom. The van der Waals surface area contributed by atoms with Crippen LogP contribution in [0.1, 0.15) is 30.2 Å². The lowest BCUT2D eigenvalue weighted by molar-refractivity contribution is -0.131. The lowest BCUT2D eigenvalue weighted by atomic mass is 10.1. The molecule has 0 radical (unpaired) electrons. The molecule has 1 N–H and O–H groups in total. The van der Waals surface area contributed by atoms with Gasteiger partial charge >= 0.3 is 0 Å². The molecule has 0 atom stereocenters. The monoisotopic (exact) mass is 392 g/mol. The molecule has 0 unspecified atom stereocenters. The number of hydrogen-bond donors (Lipinski definition) is 1. The average Bonchev–Trinajstić information content (AvgIpc) is 2.97. The van der Waals surface area contributed by atoms with Crippen molar-refractivity contribution < 1.29 is 14.3 Å². The van der Waals surface area contributed by atoms with E-state index in [9.17, 15) is 4.79 Å². The number of nitrogens with zero attached hydrogens (tertiary/aromatic N) is 1. The van der Waals surface area contributed by atoms with Crippen molar-refractivity contribution in [1.29, 1.82) is 0 Å². The normalized spacial score (nSPS) is 13.8. The number of carbonyl (C=O) groups is 1. The second kappa shape index (κ2) is 8.60. The van der Waals surface area contributed by atoms with Crippen LogP contribution in [-0.2, 0) is 24.1 Å². The van der Waals surface area contributed by atoms with Crippen LogP contribution in [0.15, 0.2) is 42.5 Å². The molecule has 1 aromatic heterocycles. The first-order valence-electron chi connectivity index (χ1n) is 10.4. The third kappa shape index (κ3) is 4.09. The number of benzene rings is 2. The van der Waals surface area contributed by atoms with Crippen LogP contribution in [-0.4, -0.2) is 42.6 Å². The number of amides is 1. The van der Waals surface area contributed by atoms with E-state index >= 15 is 0 Å². The lowest BCUT2D eigenvalue weighted by Gasteiger charge is -2.20. The average molecular weight is 392 g/mol. The largest absolute Gasteiger partial charge is 0.493 e. The topological polar surface area (TPSA) is 54.6 Å². The Hall–Kier alpha value is -2.95. The predicted octanol–water partition coefficient (Wildman–Crippen LogP) is 4.14. The third-order valence-electron chi connectivity index (χ3n) is 5.67. The minimum Gasteiger partial charge on any atom is -0.493 e. The van der Waals surface area contributed by atoms with E-state index in [1.54, 1.807) is 7.11 Å². The fourth-order valence-electron chi connectivity index (χ4n) is 4.16. The Morgan fingerprint density at radius 3 is 2.76 bits per heavy atom. The Labute approximate surface area is 171 Å². The molecule has 0 bridgehead atoms. The van der Waals surface area contributed by atoms with Crippen LogP contribution < -0.4 is 9.47 Å². The van der Waals surface area contributed by atoms with Crippen molar-refractivity contribution >= 4 is 16.8 Å². The summed E-state index contributed by atoms with van der Waals surface area (Å²) in [7, 11) is 1.64. The number of rotatable bonds is 6. The number of fused-ring (bicyclic) bond motifs is 3. The first kappa shape index (κ1) is 19.4. The highest BCUT2D eigenvalue weighted by atomic mass is 16.5. The highest BCUT2D eigenvalue weighted by Gasteiger charge is 2.21. The molecule has 0 saturated carbocycles. The zero-order chi connectivity index (χ0) is 20.2. The molecular formula is C24H28N2O3. The molecular weight excluding hydrogens is 364 g/mol. The molecule has 1 aliphatic heterocycles. The summed E-state index contributed by atoms with van der Waals surface area (Å²) in [5.74, 6) is 1.68. The fraction of sp³-hybridized carbons (Fsp3) is 0.375. The summed E-state index contributed by atoms with van der Waals surface area (Å²) < 4.78 is 11.0. The number of hydrogen-bond acceptors (Lipinski definition) is 3. The zero-order valence-corrected chi connectivity index (χ0v) is 17.2. The Kier molecular flexibility index (Phi) is 5.74. The molecule has 5 nitrogen and oxygen atoms in total. The van der Waals surface area contributed by atoms with Gasteiger partial charge in [-0.3, -0.25) is 4.79 Å². The summed E-state index contributed by atoms with van der Waals surface area (Å²) >= 11 is 0. The van der Waals surface area contributed by atoms with Crippen molar-refractivity contribution in [2.24, 2.45) is 0 Å². The minimum absolute atomic E-state index is 0.215. The molecule has 152 valence electrons. The molecule has 5 heteroatoms. The van der Waals surface area contributed by atoms with Gasteiger partial charge in [0, 0.05) is 42.5 Å². The highest BCUT2D eigenvalue weighted by molar-refractivity contribution is 5.85. The second-order valence-electron chi connectivity index (χ2n) is 7.43. The molecule has 1 amide bonds. The van der Waals surface area contributed by atoms with E-state index in [1.807, 2.05) is 30.0 Å². The van der Waals surface area contributed by atoms with Gasteiger partial charge in [0.2, 0.25) is 5.91 Å². The van der Waals surface area contributed by atoms with Crippen LogP contribution in [0.25, 0.3) is 10.9 Å². The van der Waals surface area contributed by atoms with Crippen molar-refractivity contribution in [3.63, 3.8) is 0 Å². The van der Waals surface area contributed by atoms with Crippen LogP contribution in [0.2, 0.25) is 0 Å². The summed E-state index contributed by atoms with van der Waals surface area (Å²) in [5.41, 5.74) is 4.93. The van der Waals surface area contributed by atoms with Gasteiger partial charge in [-0.25, -0.2) is 0 Å². The van der Waals surface area contributed by atoms with Gasteiger partial charge in [-0.2, -0.15) is 0 Å². The van der Waals surface area contributed by atoms with Gasteiger partial charge in [-0.1, -0.05) is 24.3 Å². The number of H-pyrrole nitrogens is 1. The van der Waals surface area contributed by atoms with Gasteiger partial charge in [0.05, 0.1) is 13.7 Å². The standard InChI is InChI=1S/C24H28N2O3/c1-3-29-22-10-8-17(16-23(22)28-2)9-11-24(27)26-14-12-19-18-6-4-5-7-20(18)25-21(19)13-15-26/h4-8,10,16,25H,3,9,11-15H2,1-2H3. The molecule has 0 saturated heterocycles. The summed E-state index contributed by atoms with van der Waals surface area (Å²) in [6, 6.07) is 14.3. The molecule has 2 heterocycles. The van der Waals surface area contributed by atoms with Gasteiger partial charge < -0.3 is 19.4 Å². The number of aryl methyl sites for hydroxylation is 1. The Morgan fingerprint density at radius 2 is 1.93 bits per heavy atom. The van der Waals surface area contributed by atoms with E-state index < -0.39 is 0 Å². The van der Waals surface area contributed by atoms with Gasteiger partial charge in [0.15, 0.2) is 11.5 Å². The van der Waals surface area contributed by atoms with Crippen molar-refractivity contribution in [3.05, 3.63) is 59.3 Å². The second-order valence-corrected chi connectivity index (χ2v) is 7.43. The Balaban J connectivity index is 1.38. The Bertz CT molecular complexity index is 1010. The van der Waals surface area contributed by atoms with Gasteiger partial charge in [-0.15, -0.1) is 0 Å². The molecule has 4 rings (SSSR count). The molecule has 3 aromatic rings. The van der Waals surface area contributed by atoms with E-state index in [-0.39, 0.29) is 5.91 Å². The molecule has 0 aliphatic carbocycles. The van der Waals surface area contributed by atoms with Crippen LogP contribution in [0.3, 0.4) is 0 Å². The number of ether oxygens (including phenoxy) is 2. The molecule has 1 aliphatic rings. The van der Waals surface area contributed by atoms with Crippen molar-refractivity contribution in [2.75, 3.05) is 26.8 Å². The van der Waals surface area contributed by atoms with Crippen molar-refractivity contribution in [1.82, 2.24) is 9.88 Å². The minimum atomic E-state index is 0.215. The first-order valence-corrected chi connectivity index (χ1v) is 10.4. The van der Waals surface area contributed by atoms with E-state index in [1.165, 1.54) is 22.2 Å². The van der Waals surface area contributed by atoms with Crippen LogP contribution in [0.4, 0.5) is 0 Å². The quantitative estimate of drug-likeness (QED) is 0.686. The molecule has 2 aromatic carbocycles. The number of para-hydroxylation sites is 1. The first-order chi connectivity index (χ1) is 14.2.